The number of aromatic nitrogens is 1. The Labute approximate surface area is 157 Å². The molecule has 26 heavy (non-hydrogen) atoms. The molecule has 3 aromatic rings. The van der Waals surface area contributed by atoms with Crippen molar-refractivity contribution >= 4 is 16.7 Å². The van der Waals surface area contributed by atoms with Gasteiger partial charge in [0.15, 0.2) is 0 Å². The second-order valence-corrected chi connectivity index (χ2v) is 7.84. The summed E-state index contributed by atoms with van der Waals surface area (Å²) in [6, 6.07) is 21.2. The SMILES string of the molecule is CC[C@H](CC(=O)n1cccc1[S@@](=O)c1ccc(C)cc1)c1ccccc1. The van der Waals surface area contributed by atoms with E-state index in [4.69, 9.17) is 0 Å². The molecule has 0 saturated heterocycles. The molecule has 3 rings (SSSR count). The Morgan fingerprint density at radius 3 is 2.35 bits per heavy atom. The summed E-state index contributed by atoms with van der Waals surface area (Å²) < 4.78 is 14.5. The van der Waals surface area contributed by atoms with Gasteiger partial charge in [-0.05, 0) is 49.1 Å². The molecule has 0 aliphatic heterocycles. The van der Waals surface area contributed by atoms with Crippen LogP contribution in [0.3, 0.4) is 0 Å². The van der Waals surface area contributed by atoms with Gasteiger partial charge in [0.05, 0.1) is 0 Å². The molecule has 0 radical (unpaired) electrons. The van der Waals surface area contributed by atoms with Crippen LogP contribution >= 0.6 is 0 Å². The quantitative estimate of drug-likeness (QED) is 0.603. The van der Waals surface area contributed by atoms with Crippen molar-refractivity contribution in [3.8, 4) is 0 Å². The molecule has 1 aromatic heterocycles. The molecule has 3 nitrogen and oxygen atoms in total. The number of nitrogens with zero attached hydrogens (tertiary/aromatic N) is 1. The third-order valence-corrected chi connectivity index (χ3v) is 6.00. The highest BCUT2D eigenvalue weighted by atomic mass is 32.2. The second-order valence-electron chi connectivity index (χ2n) is 6.41. The number of hydrogen-bond donors (Lipinski definition) is 0. The average Bonchev–Trinajstić information content (AvgIpc) is 3.16. The lowest BCUT2D eigenvalue weighted by atomic mass is 9.93. The molecular weight excluding hydrogens is 342 g/mol. The van der Waals surface area contributed by atoms with Gasteiger partial charge in [-0.1, -0.05) is 55.0 Å². The molecule has 134 valence electrons. The van der Waals surface area contributed by atoms with Crippen molar-refractivity contribution in [1.82, 2.24) is 4.57 Å². The summed E-state index contributed by atoms with van der Waals surface area (Å²) in [6.07, 6.45) is 2.99. The first-order chi connectivity index (χ1) is 12.6. The van der Waals surface area contributed by atoms with Crippen molar-refractivity contribution in [2.45, 2.75) is 42.5 Å². The van der Waals surface area contributed by atoms with Crippen LogP contribution in [0.1, 0.15) is 41.6 Å². The monoisotopic (exact) mass is 365 g/mol. The lowest BCUT2D eigenvalue weighted by Gasteiger charge is -2.16. The molecule has 2 atom stereocenters. The van der Waals surface area contributed by atoms with Gasteiger partial charge in [0, 0.05) is 17.5 Å². The van der Waals surface area contributed by atoms with Gasteiger partial charge in [-0.15, -0.1) is 0 Å². The zero-order chi connectivity index (χ0) is 18.5. The Balaban J connectivity index is 1.82. The van der Waals surface area contributed by atoms with E-state index in [1.54, 1.807) is 22.9 Å². The van der Waals surface area contributed by atoms with Crippen LogP contribution in [-0.4, -0.2) is 14.7 Å². The zero-order valence-corrected chi connectivity index (χ0v) is 15.9. The molecule has 0 unspecified atom stereocenters. The van der Waals surface area contributed by atoms with Crippen LogP contribution < -0.4 is 0 Å². The first kappa shape index (κ1) is 18.3. The van der Waals surface area contributed by atoms with Gasteiger partial charge >= 0.3 is 0 Å². The van der Waals surface area contributed by atoms with E-state index in [1.165, 1.54) is 0 Å². The fraction of sp³-hybridized carbons (Fsp3) is 0.227. The van der Waals surface area contributed by atoms with E-state index in [-0.39, 0.29) is 11.8 Å². The van der Waals surface area contributed by atoms with Gasteiger partial charge in [-0.25, -0.2) is 4.21 Å². The Kier molecular flexibility index (Phi) is 5.84. The highest BCUT2D eigenvalue weighted by molar-refractivity contribution is 7.85. The van der Waals surface area contributed by atoms with Crippen molar-refractivity contribution < 1.29 is 9.00 Å². The molecule has 0 N–H and O–H groups in total. The summed E-state index contributed by atoms with van der Waals surface area (Å²) in [5, 5.41) is 0.529. The van der Waals surface area contributed by atoms with E-state index in [0.29, 0.717) is 16.3 Å². The normalized spacial score (nSPS) is 13.3. The Bertz CT molecular complexity index is 897. The van der Waals surface area contributed by atoms with Crippen LogP contribution in [0.15, 0.2) is 82.8 Å². The van der Waals surface area contributed by atoms with Crippen LogP contribution in [0.4, 0.5) is 0 Å². The van der Waals surface area contributed by atoms with Gasteiger partial charge in [0.1, 0.15) is 15.8 Å². The second kappa shape index (κ2) is 8.28. The van der Waals surface area contributed by atoms with Crippen molar-refractivity contribution in [1.29, 1.82) is 0 Å². The van der Waals surface area contributed by atoms with E-state index in [9.17, 15) is 9.00 Å². The highest BCUT2D eigenvalue weighted by Gasteiger charge is 2.20. The fourth-order valence-corrected chi connectivity index (χ4v) is 4.21. The molecule has 2 aromatic carbocycles. The summed E-state index contributed by atoms with van der Waals surface area (Å²) >= 11 is 0. The summed E-state index contributed by atoms with van der Waals surface area (Å²) in [5.41, 5.74) is 2.28. The lowest BCUT2D eigenvalue weighted by Crippen LogP contribution is -2.16. The number of carbonyl (C=O) groups is 1. The zero-order valence-electron chi connectivity index (χ0n) is 15.1. The minimum absolute atomic E-state index is 0.0267. The van der Waals surface area contributed by atoms with E-state index < -0.39 is 10.8 Å². The van der Waals surface area contributed by atoms with Gasteiger partial charge < -0.3 is 0 Å². The maximum absolute atomic E-state index is 12.9. The first-order valence-corrected chi connectivity index (χ1v) is 9.99. The number of aryl methyl sites for hydroxylation is 1. The van der Waals surface area contributed by atoms with E-state index in [0.717, 1.165) is 17.5 Å². The van der Waals surface area contributed by atoms with Gasteiger partial charge in [-0.2, -0.15) is 0 Å². The Hall–Kier alpha value is -2.46. The topological polar surface area (TPSA) is 39.1 Å². The Morgan fingerprint density at radius 2 is 1.69 bits per heavy atom. The molecule has 0 spiro atoms. The molecule has 0 bridgehead atoms. The minimum Gasteiger partial charge on any atom is -0.279 e. The molecule has 0 saturated carbocycles. The fourth-order valence-electron chi connectivity index (χ4n) is 3.04. The Morgan fingerprint density at radius 1 is 1.00 bits per heavy atom. The summed E-state index contributed by atoms with van der Waals surface area (Å²) in [4.78, 5) is 13.6. The number of benzene rings is 2. The molecule has 1 heterocycles. The maximum atomic E-state index is 12.9. The van der Waals surface area contributed by atoms with E-state index in [2.05, 4.69) is 19.1 Å². The summed E-state index contributed by atoms with van der Waals surface area (Å²) in [5.74, 6) is 0.132. The summed E-state index contributed by atoms with van der Waals surface area (Å²) in [7, 11) is -1.38. The molecule has 0 aliphatic rings. The maximum Gasteiger partial charge on any atom is 0.232 e. The van der Waals surface area contributed by atoms with Gasteiger partial charge in [0.25, 0.3) is 0 Å². The van der Waals surface area contributed by atoms with Gasteiger partial charge in [-0.3, -0.25) is 9.36 Å². The van der Waals surface area contributed by atoms with Crippen LogP contribution in [0, 0.1) is 6.92 Å². The van der Waals surface area contributed by atoms with Crippen molar-refractivity contribution in [3.05, 3.63) is 84.1 Å². The highest BCUT2D eigenvalue weighted by Crippen LogP contribution is 2.25. The number of rotatable bonds is 6. The van der Waals surface area contributed by atoms with E-state index >= 15 is 0 Å². The van der Waals surface area contributed by atoms with Crippen LogP contribution in [0.5, 0.6) is 0 Å². The smallest absolute Gasteiger partial charge is 0.232 e. The number of hydrogen-bond acceptors (Lipinski definition) is 2. The molecule has 4 heteroatoms. The average molecular weight is 365 g/mol. The molecule has 0 amide bonds. The molecule has 0 fully saturated rings. The largest absolute Gasteiger partial charge is 0.279 e. The van der Waals surface area contributed by atoms with E-state index in [1.807, 2.05) is 49.4 Å². The van der Waals surface area contributed by atoms with Crippen molar-refractivity contribution in [2.24, 2.45) is 0 Å². The molecule has 0 aliphatic carbocycles. The molecular formula is C22H23NO2S. The predicted octanol–water partition coefficient (Wildman–Crippen LogP) is 5.19. The van der Waals surface area contributed by atoms with Crippen molar-refractivity contribution in [3.63, 3.8) is 0 Å². The lowest BCUT2D eigenvalue weighted by molar-refractivity contribution is 0.0882. The summed E-state index contributed by atoms with van der Waals surface area (Å²) in [6.45, 7) is 4.08. The third kappa shape index (κ3) is 4.02. The standard InChI is InChI=1S/C22H23NO2S/c1-3-18(19-8-5-4-6-9-19)16-21(24)23-15-7-10-22(23)26(25)20-13-11-17(2)12-14-20/h4-15,18H,3,16H2,1-2H3/t18-,26+/m1/s1. The van der Waals surface area contributed by atoms with Gasteiger partial charge in [0.2, 0.25) is 5.91 Å². The third-order valence-electron chi connectivity index (χ3n) is 4.59. The van der Waals surface area contributed by atoms with Crippen LogP contribution in [0.25, 0.3) is 0 Å². The first-order valence-electron chi connectivity index (χ1n) is 8.84. The minimum atomic E-state index is -1.38. The van der Waals surface area contributed by atoms with Crippen LogP contribution in [-0.2, 0) is 10.8 Å². The number of carbonyl (C=O) groups excluding carboxylic acids is 1. The van der Waals surface area contributed by atoms with Crippen molar-refractivity contribution in [2.75, 3.05) is 0 Å². The predicted molar refractivity (Wildman–Crippen MR) is 105 cm³/mol. The van der Waals surface area contributed by atoms with Crippen LogP contribution in [0.2, 0.25) is 0 Å².